The Morgan fingerprint density at radius 1 is 1.25 bits per heavy atom. The fourth-order valence-corrected chi connectivity index (χ4v) is 3.86. The molecule has 1 unspecified atom stereocenters. The summed E-state index contributed by atoms with van der Waals surface area (Å²) in [4.78, 5) is 23.4. The molecule has 0 radical (unpaired) electrons. The first-order valence-electron chi connectivity index (χ1n) is 10.0. The number of fused-ring (bicyclic) bond motifs is 1. The molecule has 7 heteroatoms. The SMILES string of the molecule is Cc1nc2nc(CN3CCCC(Nc4ccc(C(C)C)cc4)C3)cc(=O)n2[nH]1. The molecule has 7 nitrogen and oxygen atoms in total. The summed E-state index contributed by atoms with van der Waals surface area (Å²) in [5.74, 6) is 1.68. The normalized spacial score (nSPS) is 18.1. The molecule has 0 spiro atoms. The van der Waals surface area contributed by atoms with Crippen molar-refractivity contribution >= 4 is 11.5 Å². The summed E-state index contributed by atoms with van der Waals surface area (Å²) in [7, 11) is 0. The number of aryl methyl sites for hydroxylation is 1. The molecular weight excluding hydrogens is 352 g/mol. The standard InChI is InChI=1S/C21H28N6O/c1-14(2)16-6-8-17(9-7-16)23-18-5-4-10-26(12-18)13-19-11-20(28)27-21(24-19)22-15(3)25-27/h6-9,11,14,18,23H,4-5,10,12-13H2,1-3H3,(H,22,24,25). The Balaban J connectivity index is 1.41. The van der Waals surface area contributed by atoms with Crippen molar-refractivity contribution in [3.8, 4) is 0 Å². The zero-order valence-corrected chi connectivity index (χ0v) is 16.8. The van der Waals surface area contributed by atoms with E-state index in [1.54, 1.807) is 6.07 Å². The van der Waals surface area contributed by atoms with Crippen molar-refractivity contribution < 1.29 is 0 Å². The summed E-state index contributed by atoms with van der Waals surface area (Å²) < 4.78 is 1.39. The summed E-state index contributed by atoms with van der Waals surface area (Å²) in [6, 6.07) is 10.7. The average molecular weight is 380 g/mol. The third-order valence-corrected chi connectivity index (χ3v) is 5.33. The number of aromatic nitrogens is 4. The van der Waals surface area contributed by atoms with E-state index in [4.69, 9.17) is 0 Å². The number of anilines is 1. The van der Waals surface area contributed by atoms with Gasteiger partial charge in [0.1, 0.15) is 5.82 Å². The van der Waals surface area contributed by atoms with E-state index in [-0.39, 0.29) is 5.56 Å². The predicted molar refractivity (Wildman–Crippen MR) is 111 cm³/mol. The van der Waals surface area contributed by atoms with Gasteiger partial charge in [0.2, 0.25) is 0 Å². The number of nitrogens with one attached hydrogen (secondary N) is 2. The van der Waals surface area contributed by atoms with Crippen molar-refractivity contribution in [3.63, 3.8) is 0 Å². The molecule has 0 saturated carbocycles. The van der Waals surface area contributed by atoms with E-state index in [0.717, 1.165) is 31.6 Å². The van der Waals surface area contributed by atoms with Gasteiger partial charge < -0.3 is 5.32 Å². The monoisotopic (exact) mass is 380 g/mol. The van der Waals surface area contributed by atoms with Gasteiger partial charge >= 0.3 is 0 Å². The molecule has 2 aromatic heterocycles. The van der Waals surface area contributed by atoms with Crippen molar-refractivity contribution in [2.45, 2.75) is 52.1 Å². The Hall–Kier alpha value is -2.67. The molecule has 1 aromatic carbocycles. The number of benzene rings is 1. The van der Waals surface area contributed by atoms with Gasteiger partial charge in [0.05, 0.1) is 5.69 Å². The van der Waals surface area contributed by atoms with Crippen molar-refractivity contribution in [1.29, 1.82) is 0 Å². The van der Waals surface area contributed by atoms with E-state index in [1.165, 1.54) is 15.8 Å². The molecule has 1 aliphatic heterocycles. The van der Waals surface area contributed by atoms with E-state index in [2.05, 4.69) is 63.4 Å². The highest BCUT2D eigenvalue weighted by molar-refractivity contribution is 5.46. The third-order valence-electron chi connectivity index (χ3n) is 5.33. The molecule has 1 saturated heterocycles. The lowest BCUT2D eigenvalue weighted by atomic mass is 10.0. The fraction of sp³-hybridized carbons (Fsp3) is 0.476. The highest BCUT2D eigenvalue weighted by atomic mass is 16.1. The van der Waals surface area contributed by atoms with Crippen LogP contribution in [0.15, 0.2) is 35.1 Å². The number of nitrogens with zero attached hydrogens (tertiary/aromatic N) is 4. The van der Waals surface area contributed by atoms with Gasteiger partial charge in [0, 0.05) is 30.9 Å². The maximum atomic E-state index is 12.3. The number of aromatic amines is 1. The van der Waals surface area contributed by atoms with Crippen molar-refractivity contribution in [3.05, 3.63) is 57.8 Å². The minimum absolute atomic E-state index is 0.113. The van der Waals surface area contributed by atoms with Crippen molar-refractivity contribution in [2.75, 3.05) is 18.4 Å². The van der Waals surface area contributed by atoms with Crippen LogP contribution in [0.3, 0.4) is 0 Å². The van der Waals surface area contributed by atoms with E-state index < -0.39 is 0 Å². The highest BCUT2D eigenvalue weighted by Crippen LogP contribution is 2.20. The van der Waals surface area contributed by atoms with Gasteiger partial charge in [-0.05, 0) is 49.9 Å². The van der Waals surface area contributed by atoms with Gasteiger partial charge in [-0.15, -0.1) is 0 Å². The molecule has 0 aliphatic carbocycles. The molecule has 4 rings (SSSR count). The highest BCUT2D eigenvalue weighted by Gasteiger charge is 2.21. The molecule has 148 valence electrons. The van der Waals surface area contributed by atoms with Crippen LogP contribution in [0, 0.1) is 6.92 Å². The number of hydrogen-bond acceptors (Lipinski definition) is 5. The Labute approximate surface area is 164 Å². The molecule has 3 aromatic rings. The summed E-state index contributed by atoms with van der Waals surface area (Å²) in [5.41, 5.74) is 3.19. The van der Waals surface area contributed by atoms with E-state index in [0.29, 0.717) is 30.1 Å². The maximum absolute atomic E-state index is 12.3. The Morgan fingerprint density at radius 3 is 2.79 bits per heavy atom. The van der Waals surface area contributed by atoms with E-state index in [1.807, 2.05) is 6.92 Å². The molecule has 0 bridgehead atoms. The van der Waals surface area contributed by atoms with Gasteiger partial charge in [-0.3, -0.25) is 14.8 Å². The van der Waals surface area contributed by atoms with Crippen LogP contribution in [0.1, 0.15) is 49.7 Å². The minimum Gasteiger partial charge on any atom is -0.381 e. The topological polar surface area (TPSA) is 78.3 Å². The van der Waals surface area contributed by atoms with Gasteiger partial charge in [-0.25, -0.2) is 4.98 Å². The van der Waals surface area contributed by atoms with Crippen LogP contribution in [-0.4, -0.2) is 43.6 Å². The Kier molecular flexibility index (Phi) is 5.17. The van der Waals surface area contributed by atoms with E-state index in [9.17, 15) is 4.79 Å². The minimum atomic E-state index is -0.113. The molecule has 0 amide bonds. The zero-order chi connectivity index (χ0) is 19.7. The second kappa shape index (κ2) is 7.75. The first-order valence-corrected chi connectivity index (χ1v) is 10.0. The van der Waals surface area contributed by atoms with Crippen LogP contribution in [0.2, 0.25) is 0 Å². The average Bonchev–Trinajstić information content (AvgIpc) is 3.03. The lowest BCUT2D eigenvalue weighted by molar-refractivity contribution is 0.206. The second-order valence-electron chi connectivity index (χ2n) is 8.03. The number of rotatable bonds is 5. The fourth-order valence-electron chi connectivity index (χ4n) is 3.86. The third kappa shape index (κ3) is 4.09. The lowest BCUT2D eigenvalue weighted by Crippen LogP contribution is -2.41. The number of piperidine rings is 1. The zero-order valence-electron chi connectivity index (χ0n) is 16.8. The summed E-state index contributed by atoms with van der Waals surface area (Å²) in [6.45, 7) is 8.87. The largest absolute Gasteiger partial charge is 0.381 e. The Bertz CT molecular complexity index is 1000. The van der Waals surface area contributed by atoms with Crippen molar-refractivity contribution in [2.24, 2.45) is 0 Å². The molecule has 28 heavy (non-hydrogen) atoms. The smallest absolute Gasteiger partial charge is 0.274 e. The van der Waals surface area contributed by atoms with Crippen LogP contribution in [-0.2, 0) is 6.54 Å². The van der Waals surface area contributed by atoms with Crippen molar-refractivity contribution in [1.82, 2.24) is 24.5 Å². The molecular formula is C21H28N6O. The molecule has 3 heterocycles. The predicted octanol–water partition coefficient (Wildman–Crippen LogP) is 2.93. The molecule has 1 aliphatic rings. The molecule has 2 N–H and O–H groups in total. The van der Waals surface area contributed by atoms with E-state index >= 15 is 0 Å². The first-order chi connectivity index (χ1) is 13.5. The molecule has 1 fully saturated rings. The molecule has 1 atom stereocenters. The number of likely N-dealkylation sites (tertiary alicyclic amines) is 1. The van der Waals surface area contributed by atoms with Gasteiger partial charge in [0.15, 0.2) is 0 Å². The number of hydrogen-bond donors (Lipinski definition) is 2. The summed E-state index contributed by atoms with van der Waals surface area (Å²) >= 11 is 0. The lowest BCUT2D eigenvalue weighted by Gasteiger charge is -2.33. The Morgan fingerprint density at radius 2 is 2.04 bits per heavy atom. The van der Waals surface area contributed by atoms with Gasteiger partial charge in [-0.1, -0.05) is 26.0 Å². The van der Waals surface area contributed by atoms with Crippen LogP contribution in [0.25, 0.3) is 5.78 Å². The van der Waals surface area contributed by atoms with Gasteiger partial charge in [0.25, 0.3) is 11.3 Å². The summed E-state index contributed by atoms with van der Waals surface area (Å²) in [6.07, 6.45) is 2.28. The second-order valence-corrected chi connectivity index (χ2v) is 8.03. The van der Waals surface area contributed by atoms with Crippen LogP contribution >= 0.6 is 0 Å². The quantitative estimate of drug-likeness (QED) is 0.712. The van der Waals surface area contributed by atoms with Crippen LogP contribution < -0.4 is 10.9 Å². The first kappa shape index (κ1) is 18.7. The van der Waals surface area contributed by atoms with Gasteiger partial charge in [-0.2, -0.15) is 9.50 Å². The van der Waals surface area contributed by atoms with Crippen LogP contribution in [0.4, 0.5) is 5.69 Å². The summed E-state index contributed by atoms with van der Waals surface area (Å²) in [5, 5.41) is 6.57. The maximum Gasteiger partial charge on any atom is 0.274 e. The number of H-pyrrole nitrogens is 1. The van der Waals surface area contributed by atoms with Crippen LogP contribution in [0.5, 0.6) is 0 Å².